The fourth-order valence-corrected chi connectivity index (χ4v) is 4.33. The lowest BCUT2D eigenvalue weighted by atomic mass is 10.2. The first-order valence-corrected chi connectivity index (χ1v) is 8.74. The highest BCUT2D eigenvalue weighted by Crippen LogP contribution is 2.45. The molecule has 102 valence electrons. The first-order valence-electron chi connectivity index (χ1n) is 5.63. The summed E-state index contributed by atoms with van der Waals surface area (Å²) in [5.41, 5.74) is 0. The van der Waals surface area contributed by atoms with Gasteiger partial charge in [-0.2, -0.15) is 0 Å². The molecule has 2 rings (SSSR count). The van der Waals surface area contributed by atoms with Crippen LogP contribution in [-0.4, -0.2) is 59.5 Å². The molecular weight excluding hydrogens is 278 g/mol. The van der Waals surface area contributed by atoms with Gasteiger partial charge in [-0.25, -0.2) is 13.2 Å². The van der Waals surface area contributed by atoms with Crippen molar-refractivity contribution < 1.29 is 23.1 Å². The quantitative estimate of drug-likeness (QED) is 0.771. The Hall–Kier alpha value is -0.760. The molecule has 1 amide bonds. The first kappa shape index (κ1) is 13.7. The van der Waals surface area contributed by atoms with E-state index in [1.807, 2.05) is 0 Å². The maximum Gasteiger partial charge on any atom is 0.327 e. The van der Waals surface area contributed by atoms with Crippen LogP contribution < -0.4 is 0 Å². The van der Waals surface area contributed by atoms with Crippen molar-refractivity contribution in [3.8, 4) is 0 Å². The molecule has 1 N–H and O–H groups in total. The van der Waals surface area contributed by atoms with Crippen LogP contribution in [0.4, 0.5) is 0 Å². The summed E-state index contributed by atoms with van der Waals surface area (Å²) in [4.78, 5) is 24.4. The first-order chi connectivity index (χ1) is 8.29. The number of carbonyl (C=O) groups excluding carboxylic acids is 1. The van der Waals surface area contributed by atoms with Crippen LogP contribution in [0.25, 0.3) is 0 Å². The summed E-state index contributed by atoms with van der Waals surface area (Å²) in [5.74, 6) is -1.60. The summed E-state index contributed by atoms with van der Waals surface area (Å²) in [5, 5.41) is 8.93. The Bertz CT molecular complexity index is 471. The van der Waals surface area contributed by atoms with Crippen molar-refractivity contribution in [3.05, 3.63) is 0 Å². The number of carboxylic acids is 1. The van der Waals surface area contributed by atoms with Crippen molar-refractivity contribution in [3.63, 3.8) is 0 Å². The Morgan fingerprint density at radius 3 is 2.44 bits per heavy atom. The van der Waals surface area contributed by atoms with Crippen LogP contribution in [0.2, 0.25) is 0 Å². The van der Waals surface area contributed by atoms with Crippen LogP contribution in [0.15, 0.2) is 0 Å². The largest absolute Gasteiger partial charge is 0.480 e. The Balaban J connectivity index is 2.17. The number of carboxylic acid groups (broad SMARTS) is 1. The molecule has 2 unspecified atom stereocenters. The summed E-state index contributed by atoms with van der Waals surface area (Å²) in [7, 11) is -3.43. The van der Waals surface area contributed by atoms with E-state index in [0.29, 0.717) is 11.7 Å². The highest BCUT2D eigenvalue weighted by Gasteiger charge is 2.48. The van der Waals surface area contributed by atoms with Gasteiger partial charge >= 0.3 is 5.97 Å². The third kappa shape index (κ3) is 2.97. The predicted molar refractivity (Wildman–Crippen MR) is 67.0 cm³/mol. The highest BCUT2D eigenvalue weighted by molar-refractivity contribution is 8.00. The molecule has 0 aromatic heterocycles. The van der Waals surface area contributed by atoms with Crippen molar-refractivity contribution in [2.24, 2.45) is 5.92 Å². The molecule has 0 radical (unpaired) electrons. The van der Waals surface area contributed by atoms with Gasteiger partial charge in [0.05, 0.1) is 5.37 Å². The molecule has 8 heteroatoms. The maximum atomic E-state index is 12.0. The topological polar surface area (TPSA) is 91.8 Å². The van der Waals surface area contributed by atoms with Gasteiger partial charge in [-0.3, -0.25) is 4.79 Å². The van der Waals surface area contributed by atoms with E-state index in [4.69, 9.17) is 5.11 Å². The number of nitrogens with zero attached hydrogens (tertiary/aromatic N) is 1. The Morgan fingerprint density at radius 1 is 1.39 bits per heavy atom. The van der Waals surface area contributed by atoms with Gasteiger partial charge < -0.3 is 10.0 Å². The zero-order valence-corrected chi connectivity index (χ0v) is 11.5. The van der Waals surface area contributed by atoms with E-state index >= 15 is 0 Å². The number of aliphatic carboxylic acids is 1. The lowest BCUT2D eigenvalue weighted by Crippen LogP contribution is -2.48. The summed E-state index contributed by atoms with van der Waals surface area (Å²) < 4.78 is 22.3. The second-order valence-corrected chi connectivity index (χ2v) is 8.08. The number of carbonyl (C=O) groups is 2. The second-order valence-electron chi connectivity index (χ2n) is 4.79. The minimum Gasteiger partial charge on any atom is -0.480 e. The van der Waals surface area contributed by atoms with E-state index in [9.17, 15) is 18.0 Å². The molecule has 18 heavy (non-hydrogen) atoms. The maximum absolute atomic E-state index is 12.0. The van der Waals surface area contributed by atoms with Crippen LogP contribution in [0.5, 0.6) is 0 Å². The summed E-state index contributed by atoms with van der Waals surface area (Å²) in [6.07, 6.45) is 2.94. The minimum atomic E-state index is -3.43. The van der Waals surface area contributed by atoms with Gasteiger partial charge in [0.2, 0.25) is 5.91 Å². The summed E-state index contributed by atoms with van der Waals surface area (Å²) in [6, 6.07) is -0.894. The fourth-order valence-electron chi connectivity index (χ4n) is 2.08. The molecule has 0 aromatic rings. The average Bonchev–Trinajstić information content (AvgIpc) is 2.93. The van der Waals surface area contributed by atoms with E-state index in [2.05, 4.69) is 0 Å². The standard InChI is InChI=1S/C10H15NO5S2/c1-18(15,16)5-8(12)11-7(10(13)14)4-17-9(11)6-2-3-6/h6-7,9H,2-5H2,1H3,(H,13,14). The van der Waals surface area contributed by atoms with Crippen molar-refractivity contribution in [1.82, 2.24) is 4.90 Å². The SMILES string of the molecule is CS(=O)(=O)CC(=O)N1C(C(=O)O)CSC1C1CC1. The monoisotopic (exact) mass is 293 g/mol. The van der Waals surface area contributed by atoms with E-state index in [1.165, 1.54) is 16.7 Å². The van der Waals surface area contributed by atoms with Crippen LogP contribution >= 0.6 is 11.8 Å². The molecule has 1 aliphatic carbocycles. The van der Waals surface area contributed by atoms with E-state index in [1.54, 1.807) is 0 Å². The molecule has 2 fully saturated rings. The Morgan fingerprint density at radius 2 is 2.00 bits per heavy atom. The number of rotatable bonds is 4. The lowest BCUT2D eigenvalue weighted by Gasteiger charge is -2.27. The van der Waals surface area contributed by atoms with E-state index in [-0.39, 0.29) is 5.37 Å². The van der Waals surface area contributed by atoms with Gasteiger partial charge in [-0.15, -0.1) is 11.8 Å². The number of thioether (sulfide) groups is 1. The van der Waals surface area contributed by atoms with Crippen LogP contribution in [0, 0.1) is 5.92 Å². The number of amides is 1. The Kier molecular flexibility index (Phi) is 3.59. The smallest absolute Gasteiger partial charge is 0.327 e. The van der Waals surface area contributed by atoms with Gasteiger partial charge in [-0.05, 0) is 18.8 Å². The lowest BCUT2D eigenvalue weighted by molar-refractivity contribution is -0.148. The normalized spacial score (nSPS) is 28.4. The van der Waals surface area contributed by atoms with Gasteiger partial charge in [0.15, 0.2) is 9.84 Å². The van der Waals surface area contributed by atoms with Crippen molar-refractivity contribution in [1.29, 1.82) is 0 Å². The zero-order valence-electron chi connectivity index (χ0n) is 9.90. The molecular formula is C10H15NO5S2. The summed E-state index contributed by atoms with van der Waals surface area (Å²) >= 11 is 1.44. The molecule has 1 aliphatic heterocycles. The molecule has 0 spiro atoms. The minimum absolute atomic E-state index is 0.166. The molecule has 2 aliphatic rings. The van der Waals surface area contributed by atoms with E-state index in [0.717, 1.165) is 19.1 Å². The van der Waals surface area contributed by atoms with E-state index < -0.39 is 33.5 Å². The molecule has 1 saturated heterocycles. The molecule has 2 atom stereocenters. The third-order valence-electron chi connectivity index (χ3n) is 3.02. The van der Waals surface area contributed by atoms with Crippen molar-refractivity contribution >= 4 is 33.5 Å². The summed E-state index contributed by atoms with van der Waals surface area (Å²) in [6.45, 7) is 0. The highest BCUT2D eigenvalue weighted by atomic mass is 32.2. The molecule has 1 saturated carbocycles. The van der Waals surface area contributed by atoms with Gasteiger partial charge in [-0.1, -0.05) is 0 Å². The molecule has 1 heterocycles. The van der Waals surface area contributed by atoms with Crippen LogP contribution in [0.3, 0.4) is 0 Å². The van der Waals surface area contributed by atoms with Gasteiger partial charge in [0, 0.05) is 12.0 Å². The van der Waals surface area contributed by atoms with Crippen molar-refractivity contribution in [2.45, 2.75) is 24.3 Å². The number of hydrogen-bond acceptors (Lipinski definition) is 5. The molecule has 6 nitrogen and oxygen atoms in total. The number of hydrogen-bond donors (Lipinski definition) is 1. The average molecular weight is 293 g/mol. The van der Waals surface area contributed by atoms with Crippen molar-refractivity contribution in [2.75, 3.05) is 17.8 Å². The zero-order chi connectivity index (χ0) is 13.5. The third-order valence-corrected chi connectivity index (χ3v) is 5.25. The molecule has 0 aromatic carbocycles. The number of sulfone groups is 1. The second kappa shape index (κ2) is 4.73. The van der Waals surface area contributed by atoms with Crippen LogP contribution in [0.1, 0.15) is 12.8 Å². The fraction of sp³-hybridized carbons (Fsp3) is 0.800. The van der Waals surface area contributed by atoms with Gasteiger partial charge in [0.1, 0.15) is 11.8 Å². The Labute approximate surface area is 110 Å². The predicted octanol–water partition coefficient (Wildman–Crippen LogP) is -0.204. The van der Waals surface area contributed by atoms with Gasteiger partial charge in [0.25, 0.3) is 0 Å². The molecule has 0 bridgehead atoms. The van der Waals surface area contributed by atoms with Crippen LogP contribution in [-0.2, 0) is 19.4 Å².